The van der Waals surface area contributed by atoms with E-state index in [2.05, 4.69) is 10.1 Å². The number of nitrogens with one attached hydrogen (secondary N) is 1. The molecule has 0 aliphatic rings. The molecule has 1 aromatic heterocycles. The van der Waals surface area contributed by atoms with Gasteiger partial charge in [0.15, 0.2) is 0 Å². The van der Waals surface area contributed by atoms with Crippen molar-refractivity contribution in [1.82, 2.24) is 4.98 Å². The van der Waals surface area contributed by atoms with Crippen LogP contribution in [0.15, 0.2) is 23.4 Å². The fraction of sp³-hybridized carbons (Fsp3) is 0.286. The molecule has 0 amide bonds. The number of rotatable bonds is 3. The topological polar surface area (TPSA) is 58.3 Å². The summed E-state index contributed by atoms with van der Waals surface area (Å²) in [5.41, 5.74) is 7.36. The van der Waals surface area contributed by atoms with Crippen molar-refractivity contribution in [3.63, 3.8) is 0 Å². The Bertz CT molecular complexity index is 249. The Morgan fingerprint density at radius 1 is 1.73 bits per heavy atom. The quantitative estimate of drug-likeness (QED) is 0.667. The average Bonchev–Trinajstić information content (AvgIpc) is 2.06. The summed E-state index contributed by atoms with van der Waals surface area (Å²) in [5, 5.41) is 3.21. The van der Waals surface area contributed by atoms with Gasteiger partial charge >= 0.3 is 0 Å². The minimum absolute atomic E-state index is 0.317. The zero-order valence-corrected chi connectivity index (χ0v) is 6.24. The molecule has 0 saturated heterocycles. The summed E-state index contributed by atoms with van der Waals surface area (Å²) in [7, 11) is 1.59. The fourth-order valence-electron chi connectivity index (χ4n) is 0.750. The molecule has 0 bridgehead atoms. The van der Waals surface area contributed by atoms with Crippen molar-refractivity contribution in [2.24, 2.45) is 5.11 Å². The maximum absolute atomic E-state index is 6.61. The van der Waals surface area contributed by atoms with Crippen molar-refractivity contribution < 1.29 is 4.74 Å². The molecule has 0 fully saturated rings. The number of aromatic nitrogens is 1. The first-order valence-corrected chi connectivity index (χ1v) is 3.19. The molecule has 1 aromatic rings. The Morgan fingerprint density at radius 2 is 2.55 bits per heavy atom. The first kappa shape index (κ1) is 7.65. The molecular weight excluding hydrogens is 142 g/mol. The number of pyridine rings is 1. The van der Waals surface area contributed by atoms with E-state index in [1.807, 2.05) is 0 Å². The molecule has 0 aliphatic carbocycles. The summed E-state index contributed by atoms with van der Waals surface area (Å²) >= 11 is 0. The van der Waals surface area contributed by atoms with Gasteiger partial charge in [-0.25, -0.2) is 5.53 Å². The van der Waals surface area contributed by atoms with E-state index in [-0.39, 0.29) is 0 Å². The van der Waals surface area contributed by atoms with Crippen LogP contribution in [0.4, 0.5) is 0 Å². The largest absolute Gasteiger partial charge is 0.497 e. The molecule has 4 nitrogen and oxygen atoms in total. The second-order valence-electron chi connectivity index (χ2n) is 2.00. The highest BCUT2D eigenvalue weighted by molar-refractivity contribution is 5.22. The zero-order chi connectivity index (χ0) is 8.10. The molecule has 58 valence electrons. The SMILES string of the molecule is COc1ccnc(CN=N)c1. The van der Waals surface area contributed by atoms with Gasteiger partial charge < -0.3 is 4.74 Å². The number of hydrogen-bond acceptors (Lipinski definition) is 4. The first-order valence-electron chi connectivity index (χ1n) is 3.19. The van der Waals surface area contributed by atoms with Gasteiger partial charge in [-0.15, -0.1) is 0 Å². The molecule has 0 unspecified atom stereocenters. The van der Waals surface area contributed by atoms with Gasteiger partial charge in [0.05, 0.1) is 12.8 Å². The summed E-state index contributed by atoms with van der Waals surface area (Å²) in [4.78, 5) is 3.98. The number of methoxy groups -OCH3 is 1. The fourth-order valence-corrected chi connectivity index (χ4v) is 0.750. The summed E-state index contributed by atoms with van der Waals surface area (Å²) < 4.78 is 4.96. The van der Waals surface area contributed by atoms with Gasteiger partial charge in [-0.3, -0.25) is 4.98 Å². The van der Waals surface area contributed by atoms with Gasteiger partial charge in [0.1, 0.15) is 12.3 Å². The Labute approximate surface area is 64.7 Å². The summed E-state index contributed by atoms with van der Waals surface area (Å²) in [6.45, 7) is 0.317. The van der Waals surface area contributed by atoms with Crippen LogP contribution in [-0.2, 0) is 6.54 Å². The third-order valence-corrected chi connectivity index (χ3v) is 1.26. The maximum Gasteiger partial charge on any atom is 0.122 e. The van der Waals surface area contributed by atoms with Gasteiger partial charge in [-0.2, -0.15) is 5.11 Å². The highest BCUT2D eigenvalue weighted by atomic mass is 16.5. The second kappa shape index (κ2) is 3.65. The van der Waals surface area contributed by atoms with E-state index in [1.54, 1.807) is 25.4 Å². The molecule has 0 spiro atoms. The average molecular weight is 151 g/mol. The van der Waals surface area contributed by atoms with Gasteiger partial charge in [-0.1, -0.05) is 0 Å². The molecule has 1 rings (SSSR count). The van der Waals surface area contributed by atoms with Crippen LogP contribution >= 0.6 is 0 Å². The minimum Gasteiger partial charge on any atom is -0.497 e. The number of ether oxygens (including phenoxy) is 1. The van der Waals surface area contributed by atoms with E-state index in [1.165, 1.54) is 0 Å². The van der Waals surface area contributed by atoms with E-state index in [0.29, 0.717) is 6.54 Å². The lowest BCUT2D eigenvalue weighted by atomic mass is 10.3. The Hall–Kier alpha value is -1.45. The Balaban J connectivity index is 2.82. The predicted octanol–water partition coefficient (Wildman–Crippen LogP) is 1.62. The van der Waals surface area contributed by atoms with Crippen molar-refractivity contribution in [3.8, 4) is 5.75 Å². The monoisotopic (exact) mass is 151 g/mol. The molecule has 0 aliphatic heterocycles. The number of hydrogen-bond donors (Lipinski definition) is 1. The smallest absolute Gasteiger partial charge is 0.122 e. The normalized spacial score (nSPS) is 9.18. The van der Waals surface area contributed by atoms with Crippen molar-refractivity contribution in [2.45, 2.75) is 6.54 Å². The van der Waals surface area contributed by atoms with Crippen molar-refractivity contribution in [2.75, 3.05) is 7.11 Å². The van der Waals surface area contributed by atoms with E-state index in [9.17, 15) is 0 Å². The molecule has 1 heterocycles. The molecule has 1 N–H and O–H groups in total. The van der Waals surface area contributed by atoms with Gasteiger partial charge in [-0.05, 0) is 6.07 Å². The molecule has 11 heavy (non-hydrogen) atoms. The van der Waals surface area contributed by atoms with Crippen LogP contribution in [0.2, 0.25) is 0 Å². The lowest BCUT2D eigenvalue weighted by molar-refractivity contribution is 0.413. The van der Waals surface area contributed by atoms with Crippen molar-refractivity contribution in [3.05, 3.63) is 24.0 Å². The lowest BCUT2D eigenvalue weighted by Crippen LogP contribution is -1.88. The van der Waals surface area contributed by atoms with E-state index < -0.39 is 0 Å². The molecule has 0 saturated carbocycles. The lowest BCUT2D eigenvalue weighted by Gasteiger charge is -1.99. The highest BCUT2D eigenvalue weighted by Crippen LogP contribution is 2.09. The van der Waals surface area contributed by atoms with Crippen LogP contribution in [-0.4, -0.2) is 12.1 Å². The zero-order valence-electron chi connectivity index (χ0n) is 6.24. The van der Waals surface area contributed by atoms with Crippen LogP contribution < -0.4 is 4.74 Å². The van der Waals surface area contributed by atoms with Crippen LogP contribution in [0.3, 0.4) is 0 Å². The van der Waals surface area contributed by atoms with Gasteiger partial charge in [0.25, 0.3) is 0 Å². The van der Waals surface area contributed by atoms with Crippen molar-refractivity contribution in [1.29, 1.82) is 5.53 Å². The third kappa shape index (κ3) is 2.00. The van der Waals surface area contributed by atoms with Crippen molar-refractivity contribution >= 4 is 0 Å². The van der Waals surface area contributed by atoms with Gasteiger partial charge in [0, 0.05) is 12.3 Å². The van der Waals surface area contributed by atoms with E-state index in [4.69, 9.17) is 10.3 Å². The molecular formula is C7H9N3O. The maximum atomic E-state index is 6.61. The summed E-state index contributed by atoms with van der Waals surface area (Å²) in [6.07, 6.45) is 1.64. The third-order valence-electron chi connectivity index (χ3n) is 1.26. The predicted molar refractivity (Wildman–Crippen MR) is 39.6 cm³/mol. The number of nitrogens with zero attached hydrogens (tertiary/aromatic N) is 2. The summed E-state index contributed by atoms with van der Waals surface area (Å²) in [6, 6.07) is 3.52. The molecule has 0 aromatic carbocycles. The highest BCUT2D eigenvalue weighted by Gasteiger charge is 1.94. The van der Waals surface area contributed by atoms with E-state index in [0.717, 1.165) is 11.4 Å². The van der Waals surface area contributed by atoms with E-state index >= 15 is 0 Å². The van der Waals surface area contributed by atoms with Crippen LogP contribution in [0, 0.1) is 5.53 Å². The first-order chi connectivity index (χ1) is 5.36. The molecule has 0 atom stereocenters. The summed E-state index contributed by atoms with van der Waals surface area (Å²) in [5.74, 6) is 0.749. The van der Waals surface area contributed by atoms with Crippen LogP contribution in [0.25, 0.3) is 0 Å². The van der Waals surface area contributed by atoms with Crippen LogP contribution in [0.5, 0.6) is 5.75 Å². The Morgan fingerprint density at radius 3 is 3.18 bits per heavy atom. The van der Waals surface area contributed by atoms with Crippen LogP contribution in [0.1, 0.15) is 5.69 Å². The Kier molecular flexibility index (Phi) is 2.54. The minimum atomic E-state index is 0.317. The molecule has 0 radical (unpaired) electrons. The van der Waals surface area contributed by atoms with Gasteiger partial charge in [0.2, 0.25) is 0 Å². The second-order valence-corrected chi connectivity index (χ2v) is 2.00. The molecule has 4 heteroatoms. The standard InChI is InChI=1S/C7H9N3O/c1-11-7-2-3-9-6(4-7)5-10-8/h2-4,8H,5H2,1H3.